The molecule has 4 aliphatic rings. The minimum absolute atomic E-state index is 0.309. The van der Waals surface area contributed by atoms with Crippen molar-refractivity contribution in [2.45, 2.75) is 50.4 Å². The fourth-order valence-electron chi connectivity index (χ4n) is 7.54. The van der Waals surface area contributed by atoms with Gasteiger partial charge in [0.05, 0.1) is 21.7 Å². The van der Waals surface area contributed by atoms with Crippen LogP contribution in [0.25, 0.3) is 21.8 Å². The van der Waals surface area contributed by atoms with Gasteiger partial charge in [-0.1, -0.05) is 6.07 Å². The number of aromatic nitrogens is 3. The van der Waals surface area contributed by atoms with E-state index in [1.54, 1.807) is 0 Å². The highest BCUT2D eigenvalue weighted by Gasteiger charge is 2.51. The fourth-order valence-corrected chi connectivity index (χ4v) is 8.04. The van der Waals surface area contributed by atoms with Crippen LogP contribution in [-0.2, 0) is 11.8 Å². The van der Waals surface area contributed by atoms with Crippen LogP contribution in [0.1, 0.15) is 55.2 Å². The molecule has 32 heavy (non-hydrogen) atoms. The maximum atomic E-state index is 10.9. The lowest BCUT2D eigenvalue weighted by Gasteiger charge is -2.57. The smallest absolute Gasteiger partial charge is 0.133 e. The topological polar surface area (TPSA) is 61.8 Å². The van der Waals surface area contributed by atoms with Crippen molar-refractivity contribution in [3.63, 3.8) is 0 Å². The normalized spacial score (nSPS) is 28.7. The molecule has 2 aromatic carbocycles. The molecule has 8 rings (SSSR count). The lowest BCUT2D eigenvalue weighted by Crippen LogP contribution is -2.48. The Morgan fingerprint density at radius 2 is 1.75 bits per heavy atom. The van der Waals surface area contributed by atoms with Crippen molar-refractivity contribution in [2.24, 2.45) is 17.8 Å². The Labute approximate surface area is 195 Å². The number of nitrogens with one attached hydrogen (secondary N) is 1. The van der Waals surface area contributed by atoms with Gasteiger partial charge in [-0.15, -0.1) is 0 Å². The standard InChI is InChI=1S/C27H26BrN3O/c28-23-9-21(27-10-15-3-16(11-27)5-17(4-15)12-27)8-20(26(23)32)6-18-7-22-24(29-13-18)2-1-19-14-30-31-25(19)22/h1-2,7-9,13-17,32H,3-6,10-12H2,(H,30,31). The molecule has 4 nitrogen and oxygen atoms in total. The maximum Gasteiger partial charge on any atom is 0.133 e. The van der Waals surface area contributed by atoms with Gasteiger partial charge in [0, 0.05) is 23.4 Å². The molecule has 2 N–H and O–H groups in total. The van der Waals surface area contributed by atoms with Crippen LogP contribution in [-0.4, -0.2) is 20.3 Å². The highest BCUT2D eigenvalue weighted by molar-refractivity contribution is 9.10. The second kappa shape index (κ2) is 6.80. The quantitative estimate of drug-likeness (QED) is 0.340. The van der Waals surface area contributed by atoms with Crippen molar-refractivity contribution in [1.29, 1.82) is 0 Å². The van der Waals surface area contributed by atoms with Gasteiger partial charge >= 0.3 is 0 Å². The molecule has 4 fully saturated rings. The van der Waals surface area contributed by atoms with Crippen LogP contribution in [0, 0.1) is 17.8 Å². The molecule has 0 amide bonds. The summed E-state index contributed by atoms with van der Waals surface area (Å²) in [5, 5.41) is 20.4. The van der Waals surface area contributed by atoms with Crippen molar-refractivity contribution in [3.8, 4) is 5.75 Å². The molecule has 2 heterocycles. The molecule has 0 aliphatic heterocycles. The molecule has 0 unspecified atom stereocenters. The molecule has 0 radical (unpaired) electrons. The highest BCUT2D eigenvalue weighted by atomic mass is 79.9. The van der Waals surface area contributed by atoms with E-state index in [1.165, 1.54) is 44.1 Å². The van der Waals surface area contributed by atoms with E-state index in [0.717, 1.165) is 55.2 Å². The second-order valence-corrected chi connectivity index (χ2v) is 11.5. The predicted octanol–water partition coefficient (Wildman–Crippen LogP) is 6.64. The van der Waals surface area contributed by atoms with E-state index in [0.29, 0.717) is 17.6 Å². The molecule has 4 saturated carbocycles. The zero-order valence-corrected chi connectivity index (χ0v) is 19.5. The van der Waals surface area contributed by atoms with Gasteiger partial charge in [0.2, 0.25) is 0 Å². The zero-order valence-electron chi connectivity index (χ0n) is 17.9. The van der Waals surface area contributed by atoms with Crippen LogP contribution in [0.2, 0.25) is 0 Å². The number of hydrogen-bond donors (Lipinski definition) is 2. The van der Waals surface area contributed by atoms with E-state index in [-0.39, 0.29) is 0 Å². The summed E-state index contributed by atoms with van der Waals surface area (Å²) < 4.78 is 0.824. The van der Waals surface area contributed by atoms with Crippen LogP contribution in [0.4, 0.5) is 0 Å². The van der Waals surface area contributed by atoms with Gasteiger partial charge in [0.25, 0.3) is 0 Å². The summed E-state index contributed by atoms with van der Waals surface area (Å²) in [5.74, 6) is 3.06. The maximum absolute atomic E-state index is 10.9. The van der Waals surface area contributed by atoms with Gasteiger partial charge in [-0.2, -0.15) is 5.10 Å². The molecule has 0 spiro atoms. The largest absolute Gasteiger partial charge is 0.506 e. The van der Waals surface area contributed by atoms with Crippen LogP contribution < -0.4 is 0 Å². The van der Waals surface area contributed by atoms with Crippen molar-refractivity contribution >= 4 is 37.7 Å². The van der Waals surface area contributed by atoms with Gasteiger partial charge in [0.1, 0.15) is 5.75 Å². The number of aromatic hydroxyl groups is 1. The monoisotopic (exact) mass is 487 g/mol. The number of fused-ring (bicyclic) bond motifs is 3. The fraction of sp³-hybridized carbons (Fsp3) is 0.407. The SMILES string of the molecule is Oc1c(Br)cc(C23CC4CC(CC(C4)C2)C3)cc1Cc1cnc2ccc3cn[nH]c3c2c1. The molecule has 0 saturated heterocycles. The van der Waals surface area contributed by atoms with E-state index in [4.69, 9.17) is 4.98 Å². The first kappa shape index (κ1) is 19.1. The lowest BCUT2D eigenvalue weighted by molar-refractivity contribution is -0.00526. The van der Waals surface area contributed by atoms with E-state index < -0.39 is 0 Å². The van der Waals surface area contributed by atoms with E-state index >= 15 is 0 Å². The number of phenolic OH excluding ortho intramolecular Hbond substituents is 1. The van der Waals surface area contributed by atoms with Crippen LogP contribution in [0.3, 0.4) is 0 Å². The zero-order chi connectivity index (χ0) is 21.4. The van der Waals surface area contributed by atoms with Gasteiger partial charge in [-0.25, -0.2) is 0 Å². The van der Waals surface area contributed by atoms with Crippen molar-refractivity contribution in [1.82, 2.24) is 15.2 Å². The molecule has 0 atom stereocenters. The van der Waals surface area contributed by atoms with Crippen molar-refractivity contribution in [3.05, 3.63) is 63.9 Å². The van der Waals surface area contributed by atoms with E-state index in [9.17, 15) is 5.11 Å². The molecule has 4 aliphatic carbocycles. The lowest BCUT2D eigenvalue weighted by atomic mass is 9.48. The number of pyridine rings is 1. The molecular formula is C27H26BrN3O. The number of phenols is 1. The summed E-state index contributed by atoms with van der Waals surface area (Å²) in [6, 6.07) is 10.8. The number of rotatable bonds is 3. The van der Waals surface area contributed by atoms with Gasteiger partial charge in [-0.05, 0) is 119 Å². The van der Waals surface area contributed by atoms with Gasteiger partial charge in [0.15, 0.2) is 0 Å². The molecule has 2 aromatic heterocycles. The first-order valence-electron chi connectivity index (χ1n) is 11.8. The van der Waals surface area contributed by atoms with Gasteiger partial charge in [-0.3, -0.25) is 10.1 Å². The summed E-state index contributed by atoms with van der Waals surface area (Å²) in [7, 11) is 0. The molecular weight excluding hydrogens is 462 g/mol. The Bertz CT molecular complexity index is 1340. The summed E-state index contributed by atoms with van der Waals surface area (Å²) in [4.78, 5) is 4.69. The number of H-pyrrole nitrogens is 1. The average Bonchev–Trinajstić information content (AvgIpc) is 3.25. The van der Waals surface area contributed by atoms with Crippen molar-refractivity contribution in [2.75, 3.05) is 0 Å². The number of benzene rings is 2. The highest BCUT2D eigenvalue weighted by Crippen LogP contribution is 2.61. The molecule has 5 heteroatoms. The number of hydrogen-bond acceptors (Lipinski definition) is 3. The number of aromatic amines is 1. The second-order valence-electron chi connectivity index (χ2n) is 10.7. The summed E-state index contributed by atoms with van der Waals surface area (Å²) in [6.45, 7) is 0. The minimum atomic E-state index is 0.309. The predicted molar refractivity (Wildman–Crippen MR) is 130 cm³/mol. The Kier molecular flexibility index (Phi) is 4.06. The first-order valence-corrected chi connectivity index (χ1v) is 12.6. The van der Waals surface area contributed by atoms with Crippen LogP contribution in [0.5, 0.6) is 5.75 Å². The molecule has 4 bridgehead atoms. The van der Waals surface area contributed by atoms with Crippen LogP contribution >= 0.6 is 15.9 Å². The van der Waals surface area contributed by atoms with E-state index in [1.807, 2.05) is 24.5 Å². The minimum Gasteiger partial charge on any atom is -0.506 e. The summed E-state index contributed by atoms with van der Waals surface area (Å²) >= 11 is 3.68. The molecule has 162 valence electrons. The Balaban J connectivity index is 1.29. The first-order chi connectivity index (χ1) is 15.6. The van der Waals surface area contributed by atoms with Crippen molar-refractivity contribution < 1.29 is 5.11 Å². The Morgan fingerprint density at radius 3 is 2.50 bits per heavy atom. The van der Waals surface area contributed by atoms with Crippen LogP contribution in [0.15, 0.2) is 47.2 Å². The molecule has 4 aromatic rings. The number of nitrogens with zero attached hydrogens (tertiary/aromatic N) is 2. The Hall–Kier alpha value is -2.40. The van der Waals surface area contributed by atoms with Gasteiger partial charge < -0.3 is 5.11 Å². The van der Waals surface area contributed by atoms with E-state index in [2.05, 4.69) is 44.3 Å². The summed E-state index contributed by atoms with van der Waals surface area (Å²) in [6.07, 6.45) is 12.7. The average molecular weight is 488 g/mol. The third-order valence-electron chi connectivity index (χ3n) is 8.52. The Morgan fingerprint density at radius 1 is 1.00 bits per heavy atom. The number of halogens is 1. The third-order valence-corrected chi connectivity index (χ3v) is 9.13. The third kappa shape index (κ3) is 2.86. The summed E-state index contributed by atoms with van der Waals surface area (Å²) in [5.41, 5.74) is 5.81.